The normalized spacial score (nSPS) is 29.6. The highest BCUT2D eigenvalue weighted by Crippen LogP contribution is 2.46. The summed E-state index contributed by atoms with van der Waals surface area (Å²) < 4.78 is 27.5. The van der Waals surface area contributed by atoms with Gasteiger partial charge in [0, 0.05) is 0 Å². The van der Waals surface area contributed by atoms with Crippen LogP contribution in [0.1, 0.15) is 63.4 Å². The van der Waals surface area contributed by atoms with Gasteiger partial charge >= 0.3 is 0 Å². The molecule has 0 amide bonds. The highest BCUT2D eigenvalue weighted by molar-refractivity contribution is 6.92. The van der Waals surface area contributed by atoms with E-state index in [0.29, 0.717) is 5.56 Å². The molecule has 1 aliphatic heterocycles. The smallest absolute Gasteiger partial charge is 0.187 e. The summed E-state index contributed by atoms with van der Waals surface area (Å²) >= 11 is 0. The maximum absolute atomic E-state index is 13.8. The van der Waals surface area contributed by atoms with Crippen molar-refractivity contribution in [3.63, 3.8) is 0 Å². The van der Waals surface area contributed by atoms with Crippen LogP contribution in [0.2, 0.25) is 18.1 Å². The van der Waals surface area contributed by atoms with Crippen LogP contribution in [0.25, 0.3) is 0 Å². The van der Waals surface area contributed by atoms with Crippen LogP contribution in [0.15, 0.2) is 42.5 Å². The van der Waals surface area contributed by atoms with E-state index in [0.717, 1.165) is 37.5 Å². The molecule has 2 aromatic carbocycles. The number of phenolic OH excluding ortho intramolecular Hbond substituents is 1. The molecule has 162 valence electrons. The minimum atomic E-state index is -1.36. The summed E-state index contributed by atoms with van der Waals surface area (Å²) in [6.45, 7) is 2.33. The molecule has 1 heterocycles. The van der Waals surface area contributed by atoms with E-state index < -0.39 is 25.5 Å². The van der Waals surface area contributed by atoms with Crippen molar-refractivity contribution >= 4 is 13.3 Å². The third-order valence-electron chi connectivity index (χ3n) is 8.05. The van der Waals surface area contributed by atoms with Crippen molar-refractivity contribution in [1.29, 1.82) is 0 Å². The van der Waals surface area contributed by atoms with Crippen LogP contribution < -0.4 is 5.19 Å². The summed E-state index contributed by atoms with van der Waals surface area (Å²) in [5.41, 5.74) is 0.711. The average molecular weight is 429 g/mol. The molecule has 2 aliphatic rings. The summed E-state index contributed by atoms with van der Waals surface area (Å²) in [5.74, 6) is -0.729. The predicted octanol–water partition coefficient (Wildman–Crippen LogP) is 7.12. The first-order valence-electron chi connectivity index (χ1n) is 11.8. The Morgan fingerprint density at radius 1 is 0.867 bits per heavy atom. The molecule has 4 heteroatoms. The fourth-order valence-corrected chi connectivity index (χ4v) is 11.7. The average Bonchev–Trinajstić information content (AvgIpc) is 2.78. The molecular formula is C26H34F2OSi. The fourth-order valence-electron chi connectivity index (χ4n) is 6.36. The van der Waals surface area contributed by atoms with Gasteiger partial charge in [0.2, 0.25) is 0 Å². The zero-order valence-electron chi connectivity index (χ0n) is 18.0. The first-order chi connectivity index (χ1) is 14.5. The van der Waals surface area contributed by atoms with Crippen LogP contribution in [0.5, 0.6) is 5.75 Å². The van der Waals surface area contributed by atoms with Gasteiger partial charge in [-0.15, -0.1) is 0 Å². The molecule has 0 unspecified atom stereocenters. The molecule has 2 fully saturated rings. The Kier molecular flexibility index (Phi) is 6.62. The van der Waals surface area contributed by atoms with Crippen molar-refractivity contribution in [1.82, 2.24) is 0 Å². The molecule has 1 aliphatic carbocycles. The number of halogens is 2. The van der Waals surface area contributed by atoms with E-state index in [1.165, 1.54) is 49.5 Å². The van der Waals surface area contributed by atoms with E-state index in [9.17, 15) is 13.9 Å². The van der Waals surface area contributed by atoms with Crippen molar-refractivity contribution in [3.05, 3.63) is 59.7 Å². The zero-order valence-corrected chi connectivity index (χ0v) is 19.0. The quantitative estimate of drug-likeness (QED) is 0.503. The first-order valence-corrected chi connectivity index (χ1v) is 14.4. The van der Waals surface area contributed by atoms with E-state index in [1.807, 2.05) is 0 Å². The molecule has 30 heavy (non-hydrogen) atoms. The lowest BCUT2D eigenvalue weighted by molar-refractivity contribution is 0.215. The minimum absolute atomic E-state index is 0.215. The predicted molar refractivity (Wildman–Crippen MR) is 122 cm³/mol. The van der Waals surface area contributed by atoms with E-state index >= 15 is 0 Å². The van der Waals surface area contributed by atoms with Crippen LogP contribution in [0.3, 0.4) is 0 Å². The van der Waals surface area contributed by atoms with Gasteiger partial charge in [0.25, 0.3) is 0 Å². The van der Waals surface area contributed by atoms with Gasteiger partial charge in [0.1, 0.15) is 0 Å². The van der Waals surface area contributed by atoms with Crippen molar-refractivity contribution in [2.75, 3.05) is 0 Å². The summed E-state index contributed by atoms with van der Waals surface area (Å²) in [7, 11) is -1.36. The van der Waals surface area contributed by atoms with E-state index in [1.54, 1.807) is 5.19 Å². The Morgan fingerprint density at radius 2 is 1.43 bits per heavy atom. The van der Waals surface area contributed by atoms with Crippen molar-refractivity contribution in [3.8, 4) is 5.75 Å². The summed E-state index contributed by atoms with van der Waals surface area (Å²) in [4.78, 5) is 0. The van der Waals surface area contributed by atoms with Gasteiger partial charge in [0.05, 0.1) is 8.07 Å². The Hall–Kier alpha value is -1.68. The SMILES string of the molecule is CCC[Si]1(c2ccccc2)CCC(C2CCC(c3cc(F)c(O)c(F)c3)CC2)CC1. The van der Waals surface area contributed by atoms with Gasteiger partial charge in [-0.05, 0) is 61.1 Å². The second-order valence-corrected chi connectivity index (χ2v) is 14.3. The maximum atomic E-state index is 13.8. The molecule has 1 nitrogen and oxygen atoms in total. The van der Waals surface area contributed by atoms with E-state index in [2.05, 4.69) is 37.3 Å². The first kappa shape index (κ1) is 21.5. The lowest BCUT2D eigenvalue weighted by Gasteiger charge is -2.43. The van der Waals surface area contributed by atoms with Crippen molar-refractivity contribution in [2.24, 2.45) is 11.8 Å². The lowest BCUT2D eigenvalue weighted by Crippen LogP contribution is -2.50. The summed E-state index contributed by atoms with van der Waals surface area (Å²) in [6, 6.07) is 18.2. The molecule has 0 radical (unpaired) electrons. The molecule has 1 saturated heterocycles. The van der Waals surface area contributed by atoms with Crippen LogP contribution in [-0.4, -0.2) is 13.2 Å². The molecule has 0 atom stereocenters. The fraction of sp³-hybridized carbons (Fsp3) is 0.538. The van der Waals surface area contributed by atoms with Crippen molar-refractivity contribution in [2.45, 2.75) is 75.9 Å². The Balaban J connectivity index is 1.36. The summed E-state index contributed by atoms with van der Waals surface area (Å²) in [6.07, 6.45) is 8.33. The number of benzene rings is 2. The van der Waals surface area contributed by atoms with E-state index in [4.69, 9.17) is 0 Å². The molecule has 0 spiro atoms. The molecule has 1 N–H and O–H groups in total. The molecule has 2 aromatic rings. The monoisotopic (exact) mass is 428 g/mol. The molecular weight excluding hydrogens is 394 g/mol. The Morgan fingerprint density at radius 3 is 2.00 bits per heavy atom. The number of rotatable bonds is 5. The van der Waals surface area contributed by atoms with Crippen LogP contribution in [0, 0.1) is 23.5 Å². The van der Waals surface area contributed by atoms with Crippen molar-refractivity contribution < 1.29 is 13.9 Å². The van der Waals surface area contributed by atoms with Gasteiger partial charge in [-0.2, -0.15) is 0 Å². The number of aromatic hydroxyl groups is 1. The Bertz CT molecular complexity index is 814. The van der Waals surface area contributed by atoms with Crippen LogP contribution in [-0.2, 0) is 0 Å². The maximum Gasteiger partial charge on any atom is 0.187 e. The molecule has 1 saturated carbocycles. The van der Waals surface area contributed by atoms with Gasteiger partial charge in [-0.3, -0.25) is 0 Å². The number of phenols is 1. The highest BCUT2D eigenvalue weighted by Gasteiger charge is 2.40. The standard InChI is InChI=1S/C26H34F2OSi/c1-2-14-30(23-6-4-3-5-7-23)15-12-21(13-16-30)19-8-10-20(11-9-19)22-17-24(27)26(29)25(28)18-22/h3-7,17-21,29H,2,8-16H2,1H3. The summed E-state index contributed by atoms with van der Waals surface area (Å²) in [5, 5.41) is 11.0. The lowest BCUT2D eigenvalue weighted by atomic mass is 9.72. The molecule has 4 rings (SSSR count). The second-order valence-electron chi connectivity index (χ2n) is 9.68. The molecule has 0 aromatic heterocycles. The third-order valence-corrected chi connectivity index (χ3v) is 13.6. The number of hydrogen-bond acceptors (Lipinski definition) is 1. The zero-order chi connectivity index (χ0) is 21.1. The van der Waals surface area contributed by atoms with Gasteiger partial charge in [-0.25, -0.2) is 8.78 Å². The second kappa shape index (κ2) is 9.21. The van der Waals surface area contributed by atoms with Gasteiger partial charge < -0.3 is 5.11 Å². The Labute approximate surface area is 180 Å². The third kappa shape index (κ3) is 4.34. The van der Waals surface area contributed by atoms with Crippen LogP contribution in [0.4, 0.5) is 8.78 Å². The minimum Gasteiger partial charge on any atom is -0.503 e. The van der Waals surface area contributed by atoms with E-state index in [-0.39, 0.29) is 5.92 Å². The topological polar surface area (TPSA) is 20.2 Å². The highest BCUT2D eigenvalue weighted by atomic mass is 28.3. The largest absolute Gasteiger partial charge is 0.503 e. The molecule has 0 bridgehead atoms. The van der Waals surface area contributed by atoms with Crippen LogP contribution >= 0.6 is 0 Å². The van der Waals surface area contributed by atoms with Gasteiger partial charge in [0.15, 0.2) is 17.4 Å². The van der Waals surface area contributed by atoms with Gasteiger partial charge in [-0.1, -0.05) is 79.8 Å². The number of hydrogen-bond donors (Lipinski definition) is 1.